The summed E-state index contributed by atoms with van der Waals surface area (Å²) in [6, 6.07) is 16.9. The standard InChI is InChI=1S/C26H24N4O5/c31-22(28-21-12-4-2-10-19(21)23(32)27-15-18-9-6-14-35-18)16-30-24(33)26(29-25(30)34)13-5-8-17-7-1-3-11-20(17)26/h1-4,6-7,9-12,14H,5,8,13,15-16H2,(H,27,32)(H,28,31)(H,29,34). The van der Waals surface area contributed by atoms with Gasteiger partial charge in [-0.15, -0.1) is 0 Å². The Kier molecular flexibility index (Phi) is 5.82. The Labute approximate surface area is 201 Å². The van der Waals surface area contributed by atoms with Crippen LogP contribution in [0.1, 0.15) is 40.1 Å². The molecule has 5 amide bonds. The molecular formula is C26H24N4O5. The van der Waals surface area contributed by atoms with Crippen molar-refractivity contribution in [2.45, 2.75) is 31.3 Å². The van der Waals surface area contributed by atoms with Crippen LogP contribution in [0.4, 0.5) is 10.5 Å². The highest BCUT2D eigenvalue weighted by Crippen LogP contribution is 2.39. The quantitative estimate of drug-likeness (QED) is 0.477. The number of rotatable bonds is 6. The van der Waals surface area contributed by atoms with Gasteiger partial charge in [0.15, 0.2) is 0 Å². The van der Waals surface area contributed by atoms with E-state index in [0.717, 1.165) is 28.9 Å². The number of urea groups is 1. The van der Waals surface area contributed by atoms with Crippen LogP contribution in [0.5, 0.6) is 0 Å². The minimum Gasteiger partial charge on any atom is -0.467 e. The molecule has 35 heavy (non-hydrogen) atoms. The van der Waals surface area contributed by atoms with Crippen LogP contribution in [0.15, 0.2) is 71.3 Å². The minimum absolute atomic E-state index is 0.195. The predicted octanol–water partition coefficient (Wildman–Crippen LogP) is 2.93. The molecule has 0 bridgehead atoms. The van der Waals surface area contributed by atoms with Gasteiger partial charge in [0.1, 0.15) is 17.8 Å². The first-order valence-electron chi connectivity index (χ1n) is 11.4. The van der Waals surface area contributed by atoms with Crippen LogP contribution in [0, 0.1) is 0 Å². The maximum atomic E-state index is 13.4. The molecule has 9 nitrogen and oxygen atoms in total. The zero-order chi connectivity index (χ0) is 24.4. The van der Waals surface area contributed by atoms with Gasteiger partial charge in [0.25, 0.3) is 11.8 Å². The molecule has 5 rings (SSSR count). The number of furan rings is 1. The van der Waals surface area contributed by atoms with E-state index in [2.05, 4.69) is 16.0 Å². The molecule has 2 aliphatic rings. The summed E-state index contributed by atoms with van der Waals surface area (Å²) in [5.74, 6) is -0.822. The first-order chi connectivity index (χ1) is 17.0. The number of amides is 5. The number of anilines is 1. The molecule has 0 radical (unpaired) electrons. The molecule has 1 fully saturated rings. The highest BCUT2D eigenvalue weighted by atomic mass is 16.3. The predicted molar refractivity (Wildman–Crippen MR) is 126 cm³/mol. The summed E-state index contributed by atoms with van der Waals surface area (Å²) in [7, 11) is 0. The lowest BCUT2D eigenvalue weighted by molar-refractivity contribution is -0.134. The number of nitrogens with one attached hydrogen (secondary N) is 3. The molecular weight excluding hydrogens is 448 g/mol. The van der Waals surface area contributed by atoms with Crippen LogP contribution < -0.4 is 16.0 Å². The van der Waals surface area contributed by atoms with Crippen LogP contribution in [0.2, 0.25) is 0 Å². The Morgan fingerprint density at radius 2 is 1.83 bits per heavy atom. The highest BCUT2D eigenvalue weighted by Gasteiger charge is 2.54. The largest absolute Gasteiger partial charge is 0.467 e. The molecule has 3 aromatic rings. The summed E-state index contributed by atoms with van der Waals surface area (Å²) in [5, 5.41) is 8.24. The van der Waals surface area contributed by atoms with Crippen molar-refractivity contribution in [3.8, 4) is 0 Å². The third-order valence-electron chi connectivity index (χ3n) is 6.40. The zero-order valence-electron chi connectivity index (χ0n) is 18.9. The fourth-order valence-corrected chi connectivity index (χ4v) is 4.75. The molecule has 1 saturated heterocycles. The first kappa shape index (κ1) is 22.4. The van der Waals surface area contributed by atoms with Crippen molar-refractivity contribution < 1.29 is 23.6 Å². The topological polar surface area (TPSA) is 121 Å². The van der Waals surface area contributed by atoms with Crippen molar-refractivity contribution in [3.63, 3.8) is 0 Å². The summed E-state index contributed by atoms with van der Waals surface area (Å²) in [4.78, 5) is 52.7. The molecule has 2 heterocycles. The molecule has 9 heteroatoms. The van der Waals surface area contributed by atoms with Crippen LogP contribution in [0.25, 0.3) is 0 Å². The number of carbonyl (C=O) groups is 4. The zero-order valence-corrected chi connectivity index (χ0v) is 18.9. The van der Waals surface area contributed by atoms with E-state index in [9.17, 15) is 19.2 Å². The molecule has 1 aromatic heterocycles. The Morgan fingerprint density at radius 1 is 1.03 bits per heavy atom. The fraction of sp³-hybridized carbons (Fsp3) is 0.231. The Balaban J connectivity index is 1.29. The number of benzene rings is 2. The fourth-order valence-electron chi connectivity index (χ4n) is 4.75. The molecule has 0 saturated carbocycles. The van der Waals surface area contributed by atoms with Crippen LogP contribution in [-0.4, -0.2) is 35.2 Å². The molecule has 2 aromatic carbocycles. The lowest BCUT2D eigenvalue weighted by Gasteiger charge is -2.33. The Hall–Kier alpha value is -4.40. The maximum absolute atomic E-state index is 13.4. The van der Waals surface area contributed by atoms with Crippen LogP contribution in [-0.2, 0) is 28.1 Å². The van der Waals surface area contributed by atoms with Crippen molar-refractivity contribution in [3.05, 3.63) is 89.4 Å². The second kappa shape index (κ2) is 9.09. The van der Waals surface area contributed by atoms with E-state index in [1.54, 1.807) is 36.4 Å². The van der Waals surface area contributed by atoms with E-state index in [4.69, 9.17) is 4.42 Å². The van der Waals surface area contributed by atoms with E-state index in [-0.39, 0.29) is 17.8 Å². The molecule has 1 atom stereocenters. The van der Waals surface area contributed by atoms with Gasteiger partial charge in [0, 0.05) is 0 Å². The van der Waals surface area contributed by atoms with Gasteiger partial charge < -0.3 is 20.4 Å². The molecule has 1 aliphatic heterocycles. The van der Waals surface area contributed by atoms with Gasteiger partial charge in [-0.1, -0.05) is 36.4 Å². The van der Waals surface area contributed by atoms with E-state index < -0.39 is 35.8 Å². The number of para-hydroxylation sites is 1. The molecule has 1 unspecified atom stereocenters. The monoisotopic (exact) mass is 472 g/mol. The van der Waals surface area contributed by atoms with E-state index >= 15 is 0 Å². The summed E-state index contributed by atoms with van der Waals surface area (Å²) in [5.41, 5.74) is 1.19. The van der Waals surface area contributed by atoms with E-state index in [1.165, 1.54) is 6.26 Å². The number of carbonyl (C=O) groups excluding carboxylic acids is 4. The van der Waals surface area contributed by atoms with Crippen LogP contribution in [0.3, 0.4) is 0 Å². The summed E-state index contributed by atoms with van der Waals surface area (Å²) < 4.78 is 5.22. The summed E-state index contributed by atoms with van der Waals surface area (Å²) in [6.45, 7) is -0.267. The van der Waals surface area contributed by atoms with Crippen molar-refractivity contribution >= 4 is 29.4 Å². The lowest BCUT2D eigenvalue weighted by Crippen LogP contribution is -2.47. The molecule has 178 valence electrons. The van der Waals surface area contributed by atoms with E-state index in [1.807, 2.05) is 24.3 Å². The smallest absolute Gasteiger partial charge is 0.325 e. The van der Waals surface area contributed by atoms with Crippen molar-refractivity contribution in [2.75, 3.05) is 11.9 Å². The average Bonchev–Trinajstić information content (AvgIpc) is 3.46. The van der Waals surface area contributed by atoms with Gasteiger partial charge in [0.2, 0.25) is 5.91 Å². The normalized spacial score (nSPS) is 18.8. The SMILES string of the molecule is O=C(CN1C(=O)NC2(CCCc3ccccc32)C1=O)Nc1ccccc1C(=O)NCc1ccco1. The van der Waals surface area contributed by atoms with Gasteiger partial charge in [-0.25, -0.2) is 4.79 Å². The van der Waals surface area contributed by atoms with Gasteiger partial charge in [0.05, 0.1) is 24.1 Å². The van der Waals surface area contributed by atoms with E-state index in [0.29, 0.717) is 12.2 Å². The number of aryl methyl sites for hydroxylation is 1. The lowest BCUT2D eigenvalue weighted by atomic mass is 9.76. The molecule has 1 spiro atoms. The maximum Gasteiger partial charge on any atom is 0.325 e. The van der Waals surface area contributed by atoms with Gasteiger partial charge in [-0.3, -0.25) is 19.3 Å². The third-order valence-corrected chi connectivity index (χ3v) is 6.40. The minimum atomic E-state index is -1.14. The average molecular weight is 473 g/mol. The number of hydrogen-bond acceptors (Lipinski definition) is 5. The Morgan fingerprint density at radius 3 is 2.66 bits per heavy atom. The molecule has 1 aliphatic carbocycles. The van der Waals surface area contributed by atoms with Crippen LogP contribution >= 0.6 is 0 Å². The number of imide groups is 1. The Bertz CT molecular complexity index is 1300. The van der Waals surface area contributed by atoms with Gasteiger partial charge >= 0.3 is 6.03 Å². The summed E-state index contributed by atoms with van der Waals surface area (Å²) in [6.07, 6.45) is 3.58. The summed E-state index contributed by atoms with van der Waals surface area (Å²) >= 11 is 0. The van der Waals surface area contributed by atoms with Gasteiger partial charge in [-0.05, 0) is 54.7 Å². The number of fused-ring (bicyclic) bond motifs is 2. The van der Waals surface area contributed by atoms with Crippen molar-refractivity contribution in [1.82, 2.24) is 15.5 Å². The number of hydrogen-bond donors (Lipinski definition) is 3. The van der Waals surface area contributed by atoms with Crippen molar-refractivity contribution in [1.29, 1.82) is 0 Å². The second-order valence-electron chi connectivity index (χ2n) is 8.59. The third kappa shape index (κ3) is 4.16. The van der Waals surface area contributed by atoms with Gasteiger partial charge in [-0.2, -0.15) is 0 Å². The second-order valence-corrected chi connectivity index (χ2v) is 8.59. The highest BCUT2D eigenvalue weighted by molar-refractivity contribution is 6.11. The first-order valence-corrected chi connectivity index (χ1v) is 11.4. The molecule has 3 N–H and O–H groups in total. The number of nitrogens with zero attached hydrogens (tertiary/aromatic N) is 1. The van der Waals surface area contributed by atoms with Crippen molar-refractivity contribution in [2.24, 2.45) is 0 Å².